The number of nitrogens with zero attached hydrogens (tertiary/aromatic N) is 2. The lowest BCUT2D eigenvalue weighted by molar-refractivity contribution is -0.385. The van der Waals surface area contributed by atoms with Crippen LogP contribution in [0, 0.1) is 10.1 Å². The Bertz CT molecular complexity index is 546. The van der Waals surface area contributed by atoms with E-state index >= 15 is 0 Å². The van der Waals surface area contributed by atoms with Crippen LogP contribution in [-0.2, 0) is 0 Å². The molecule has 2 aliphatic rings. The fraction of sp³-hybridized carbons (Fsp3) is 0.500. The third-order valence-electron chi connectivity index (χ3n) is 4.34. The van der Waals surface area contributed by atoms with Gasteiger partial charge in [-0.2, -0.15) is 0 Å². The molecule has 20 heavy (non-hydrogen) atoms. The summed E-state index contributed by atoms with van der Waals surface area (Å²) in [5, 5.41) is 11.1. The maximum Gasteiger partial charge on any atom is 0.282 e. The fourth-order valence-electron chi connectivity index (χ4n) is 3.50. The molecule has 2 bridgehead atoms. The lowest BCUT2D eigenvalue weighted by atomic mass is 9.97. The van der Waals surface area contributed by atoms with Gasteiger partial charge in [0.05, 0.1) is 4.92 Å². The molecule has 0 aromatic heterocycles. The summed E-state index contributed by atoms with van der Waals surface area (Å²) in [7, 11) is 0. The number of nitro groups is 1. The number of piperidine rings is 1. The maximum atomic E-state index is 12.7. The van der Waals surface area contributed by atoms with E-state index in [0.717, 1.165) is 25.7 Å². The normalized spacial score (nSPS) is 28.4. The maximum absolute atomic E-state index is 12.7. The minimum atomic E-state index is -0.495. The number of para-hydroxylation sites is 1. The number of hydrogen-bond acceptors (Lipinski definition) is 4. The van der Waals surface area contributed by atoms with Gasteiger partial charge in [-0.25, -0.2) is 0 Å². The molecule has 0 saturated carbocycles. The zero-order valence-corrected chi connectivity index (χ0v) is 11.1. The second kappa shape index (κ2) is 4.86. The summed E-state index contributed by atoms with van der Waals surface area (Å²) in [4.78, 5) is 25.1. The molecule has 2 fully saturated rings. The van der Waals surface area contributed by atoms with E-state index in [-0.39, 0.29) is 35.3 Å². The van der Waals surface area contributed by atoms with Crippen LogP contribution in [0.15, 0.2) is 24.3 Å². The first-order chi connectivity index (χ1) is 9.58. The van der Waals surface area contributed by atoms with Crippen molar-refractivity contribution in [1.29, 1.82) is 0 Å². The summed E-state index contributed by atoms with van der Waals surface area (Å²) in [5.41, 5.74) is 6.05. The van der Waals surface area contributed by atoms with Gasteiger partial charge in [-0.1, -0.05) is 12.1 Å². The first-order valence-corrected chi connectivity index (χ1v) is 6.89. The van der Waals surface area contributed by atoms with E-state index in [4.69, 9.17) is 5.73 Å². The molecular weight excluding hydrogens is 258 g/mol. The third-order valence-corrected chi connectivity index (χ3v) is 4.34. The summed E-state index contributed by atoms with van der Waals surface area (Å²) >= 11 is 0. The predicted molar refractivity (Wildman–Crippen MR) is 73.3 cm³/mol. The molecule has 2 aliphatic heterocycles. The van der Waals surface area contributed by atoms with Gasteiger partial charge in [-0.15, -0.1) is 0 Å². The molecule has 1 amide bonds. The SMILES string of the molecule is NC1CC2CCC(C1)N2C(=O)c1ccccc1[N+](=O)[O-]. The van der Waals surface area contributed by atoms with Gasteiger partial charge < -0.3 is 10.6 Å². The van der Waals surface area contributed by atoms with Crippen LogP contribution in [0.2, 0.25) is 0 Å². The van der Waals surface area contributed by atoms with Crippen molar-refractivity contribution >= 4 is 11.6 Å². The molecule has 2 N–H and O–H groups in total. The van der Waals surface area contributed by atoms with Crippen molar-refractivity contribution in [3.8, 4) is 0 Å². The summed E-state index contributed by atoms with van der Waals surface area (Å²) in [6.45, 7) is 0. The topological polar surface area (TPSA) is 89.5 Å². The molecule has 2 atom stereocenters. The van der Waals surface area contributed by atoms with E-state index in [9.17, 15) is 14.9 Å². The lowest BCUT2D eigenvalue weighted by Gasteiger charge is -2.37. The van der Waals surface area contributed by atoms with Gasteiger partial charge in [0, 0.05) is 24.2 Å². The minimum Gasteiger partial charge on any atom is -0.332 e. The highest BCUT2D eigenvalue weighted by atomic mass is 16.6. The molecular formula is C14H17N3O3. The largest absolute Gasteiger partial charge is 0.332 e. The zero-order chi connectivity index (χ0) is 14.3. The van der Waals surface area contributed by atoms with Crippen LogP contribution < -0.4 is 5.73 Å². The number of rotatable bonds is 2. The van der Waals surface area contributed by atoms with E-state index in [1.807, 2.05) is 4.90 Å². The first-order valence-electron chi connectivity index (χ1n) is 6.89. The van der Waals surface area contributed by atoms with Gasteiger partial charge >= 0.3 is 0 Å². The molecule has 0 aliphatic carbocycles. The summed E-state index contributed by atoms with van der Waals surface area (Å²) in [5.74, 6) is -0.225. The van der Waals surface area contributed by atoms with Crippen molar-refractivity contribution in [3.63, 3.8) is 0 Å². The Labute approximate surface area is 116 Å². The van der Waals surface area contributed by atoms with Crippen molar-refractivity contribution in [1.82, 2.24) is 4.90 Å². The molecule has 3 rings (SSSR count). The van der Waals surface area contributed by atoms with Gasteiger partial charge in [0.15, 0.2) is 0 Å². The van der Waals surface area contributed by atoms with Gasteiger partial charge in [0.2, 0.25) is 0 Å². The summed E-state index contributed by atoms with van der Waals surface area (Å²) < 4.78 is 0. The van der Waals surface area contributed by atoms with Crippen molar-refractivity contribution in [2.75, 3.05) is 0 Å². The standard InChI is InChI=1S/C14H17N3O3/c15-9-7-10-5-6-11(8-9)16(10)14(18)12-3-1-2-4-13(12)17(19)20/h1-4,9-11H,5-8,15H2. The molecule has 106 valence electrons. The van der Waals surface area contributed by atoms with Crippen LogP contribution >= 0.6 is 0 Å². The highest BCUT2D eigenvalue weighted by Gasteiger charge is 2.43. The highest BCUT2D eigenvalue weighted by Crippen LogP contribution is 2.37. The Morgan fingerprint density at radius 2 is 1.85 bits per heavy atom. The number of benzene rings is 1. The second-order valence-corrected chi connectivity index (χ2v) is 5.60. The van der Waals surface area contributed by atoms with Gasteiger partial charge in [-0.3, -0.25) is 14.9 Å². The highest BCUT2D eigenvalue weighted by molar-refractivity contribution is 5.98. The number of amides is 1. The number of hydrogen-bond donors (Lipinski definition) is 1. The van der Waals surface area contributed by atoms with E-state index < -0.39 is 4.92 Å². The van der Waals surface area contributed by atoms with Crippen molar-refractivity contribution in [2.45, 2.75) is 43.8 Å². The van der Waals surface area contributed by atoms with Crippen molar-refractivity contribution < 1.29 is 9.72 Å². The molecule has 1 aromatic rings. The Morgan fingerprint density at radius 1 is 1.25 bits per heavy atom. The van der Waals surface area contributed by atoms with Crippen molar-refractivity contribution in [2.24, 2.45) is 5.73 Å². The molecule has 0 radical (unpaired) electrons. The predicted octanol–water partition coefficient (Wildman–Crippen LogP) is 1.69. The molecule has 2 heterocycles. The molecule has 6 heteroatoms. The Balaban J connectivity index is 1.92. The molecule has 6 nitrogen and oxygen atoms in total. The van der Waals surface area contributed by atoms with Crippen LogP contribution in [0.25, 0.3) is 0 Å². The van der Waals surface area contributed by atoms with Crippen LogP contribution in [0.5, 0.6) is 0 Å². The molecule has 0 spiro atoms. The van der Waals surface area contributed by atoms with Gasteiger partial charge in [-0.05, 0) is 31.7 Å². The number of carbonyl (C=O) groups is 1. The summed E-state index contributed by atoms with van der Waals surface area (Å²) in [6.07, 6.45) is 3.49. The van der Waals surface area contributed by atoms with Crippen molar-refractivity contribution in [3.05, 3.63) is 39.9 Å². The number of nitrogens with two attached hydrogens (primary N) is 1. The average molecular weight is 275 g/mol. The Kier molecular flexibility index (Phi) is 3.17. The Hall–Kier alpha value is -1.95. The summed E-state index contributed by atoms with van der Waals surface area (Å²) in [6, 6.07) is 6.57. The van der Waals surface area contributed by atoms with Crippen LogP contribution in [0.1, 0.15) is 36.0 Å². The van der Waals surface area contributed by atoms with Gasteiger partial charge in [0.1, 0.15) is 5.56 Å². The number of carbonyl (C=O) groups excluding carboxylic acids is 1. The van der Waals surface area contributed by atoms with Crippen LogP contribution in [0.3, 0.4) is 0 Å². The molecule has 1 aromatic carbocycles. The molecule has 2 saturated heterocycles. The van der Waals surface area contributed by atoms with Gasteiger partial charge in [0.25, 0.3) is 11.6 Å². The van der Waals surface area contributed by atoms with E-state index in [1.165, 1.54) is 12.1 Å². The quantitative estimate of drug-likeness (QED) is 0.657. The smallest absolute Gasteiger partial charge is 0.282 e. The van der Waals surface area contributed by atoms with E-state index in [1.54, 1.807) is 12.1 Å². The monoisotopic (exact) mass is 275 g/mol. The first kappa shape index (κ1) is 13.1. The van der Waals surface area contributed by atoms with Crippen LogP contribution in [-0.4, -0.2) is 33.9 Å². The second-order valence-electron chi connectivity index (χ2n) is 5.60. The van der Waals surface area contributed by atoms with E-state index in [0.29, 0.717) is 0 Å². The average Bonchev–Trinajstić information content (AvgIpc) is 2.70. The number of fused-ring (bicyclic) bond motifs is 2. The van der Waals surface area contributed by atoms with E-state index in [2.05, 4.69) is 0 Å². The Morgan fingerprint density at radius 3 is 2.45 bits per heavy atom. The fourth-order valence-corrected chi connectivity index (χ4v) is 3.50. The number of nitro benzene ring substituents is 1. The minimum absolute atomic E-state index is 0.119. The van der Waals surface area contributed by atoms with Crippen LogP contribution in [0.4, 0.5) is 5.69 Å². The zero-order valence-electron chi connectivity index (χ0n) is 11.1. The lowest BCUT2D eigenvalue weighted by Crippen LogP contribution is -2.50. The molecule has 2 unspecified atom stereocenters. The third kappa shape index (κ3) is 2.06.